The van der Waals surface area contributed by atoms with Crippen molar-refractivity contribution in [2.75, 3.05) is 47.0 Å². The number of ether oxygens (including phenoxy) is 2. The molecular weight excluding hydrogens is 533 g/mol. The summed E-state index contributed by atoms with van der Waals surface area (Å²) in [5.74, 6) is 2.60. The molecule has 2 atom stereocenters. The van der Waals surface area contributed by atoms with E-state index in [-0.39, 0.29) is 36.1 Å². The van der Waals surface area contributed by atoms with Gasteiger partial charge in [0.25, 0.3) is 0 Å². The highest BCUT2D eigenvalue weighted by Crippen LogP contribution is 2.22. The van der Waals surface area contributed by atoms with Crippen molar-refractivity contribution in [3.8, 4) is 0 Å². The van der Waals surface area contributed by atoms with Gasteiger partial charge in [-0.1, -0.05) is 29.8 Å². The monoisotopic (exact) mass is 569 g/mol. The Hall–Kier alpha value is -1.76. The van der Waals surface area contributed by atoms with Crippen LogP contribution in [0.15, 0.2) is 29.3 Å². The predicted octanol–water partition coefficient (Wildman–Crippen LogP) is 1.90. The third kappa shape index (κ3) is 6.87. The molecule has 2 aromatic rings. The molecule has 0 bridgehead atoms. The molecule has 0 amide bonds. The van der Waals surface area contributed by atoms with E-state index < -0.39 is 0 Å². The summed E-state index contributed by atoms with van der Waals surface area (Å²) in [5, 5.41) is 11.7. The van der Waals surface area contributed by atoms with Crippen molar-refractivity contribution in [3.63, 3.8) is 0 Å². The van der Waals surface area contributed by atoms with Gasteiger partial charge in [-0.15, -0.1) is 24.0 Å². The third-order valence-electron chi connectivity index (χ3n) is 6.12. The van der Waals surface area contributed by atoms with Crippen molar-refractivity contribution in [1.29, 1.82) is 0 Å². The van der Waals surface area contributed by atoms with Crippen LogP contribution in [-0.4, -0.2) is 78.7 Å². The molecule has 1 fully saturated rings. The highest BCUT2D eigenvalue weighted by molar-refractivity contribution is 14.0. The van der Waals surface area contributed by atoms with Crippen LogP contribution < -0.4 is 10.6 Å². The second kappa shape index (κ2) is 12.6. The van der Waals surface area contributed by atoms with Crippen LogP contribution in [0.5, 0.6) is 0 Å². The van der Waals surface area contributed by atoms with Crippen molar-refractivity contribution in [1.82, 2.24) is 30.3 Å². The number of nitrogens with one attached hydrogen (secondary N) is 2. The van der Waals surface area contributed by atoms with Crippen LogP contribution in [0.2, 0.25) is 0 Å². The van der Waals surface area contributed by atoms with E-state index in [9.17, 15) is 0 Å². The highest BCUT2D eigenvalue weighted by Gasteiger charge is 2.25. The molecule has 3 heterocycles. The van der Waals surface area contributed by atoms with Gasteiger partial charge < -0.3 is 20.1 Å². The molecule has 0 spiro atoms. The standard InChI is InChI=1S/C23H35N7O2.HI/c1-17-5-4-6-18(13-17)20(29-9-11-32-12-10-29)14-25-23(24-2)26-19-7-8-22-27-21(16-31-3)28-30(22)15-19;/h4-6,13,19-20H,7-12,14-16H2,1-3H3,(H2,24,25,26);1H. The Morgan fingerprint density at radius 1 is 1.33 bits per heavy atom. The Labute approximate surface area is 213 Å². The Bertz CT molecular complexity index is 914. The lowest BCUT2D eigenvalue weighted by Crippen LogP contribution is -2.50. The number of hydrogen-bond donors (Lipinski definition) is 2. The minimum atomic E-state index is 0. The number of aliphatic imine (C=N–C) groups is 1. The molecule has 4 rings (SSSR count). The fourth-order valence-electron chi connectivity index (χ4n) is 4.47. The van der Waals surface area contributed by atoms with Crippen LogP contribution in [0.25, 0.3) is 0 Å². The van der Waals surface area contributed by atoms with Crippen LogP contribution >= 0.6 is 24.0 Å². The number of guanidine groups is 1. The first kappa shape index (κ1) is 25.9. The van der Waals surface area contributed by atoms with Gasteiger partial charge in [0.2, 0.25) is 0 Å². The molecule has 182 valence electrons. The topological polar surface area (TPSA) is 88.8 Å². The fourth-order valence-corrected chi connectivity index (χ4v) is 4.47. The molecule has 10 heteroatoms. The van der Waals surface area contributed by atoms with Crippen molar-refractivity contribution < 1.29 is 9.47 Å². The van der Waals surface area contributed by atoms with Crippen LogP contribution in [0.1, 0.15) is 35.2 Å². The third-order valence-corrected chi connectivity index (χ3v) is 6.12. The second-order valence-electron chi connectivity index (χ2n) is 8.47. The molecule has 33 heavy (non-hydrogen) atoms. The number of hydrogen-bond acceptors (Lipinski definition) is 6. The maximum atomic E-state index is 5.58. The number of fused-ring (bicyclic) bond motifs is 1. The number of benzene rings is 1. The molecule has 2 aliphatic rings. The maximum absolute atomic E-state index is 5.58. The summed E-state index contributed by atoms with van der Waals surface area (Å²) in [5.41, 5.74) is 2.60. The van der Waals surface area contributed by atoms with Gasteiger partial charge >= 0.3 is 0 Å². The lowest BCUT2D eigenvalue weighted by atomic mass is 10.0. The summed E-state index contributed by atoms with van der Waals surface area (Å²) in [6.45, 7) is 7.59. The van der Waals surface area contributed by atoms with E-state index in [0.29, 0.717) is 6.61 Å². The molecule has 0 radical (unpaired) electrons. The minimum absolute atomic E-state index is 0. The first-order valence-electron chi connectivity index (χ1n) is 11.4. The molecule has 0 aliphatic carbocycles. The smallest absolute Gasteiger partial charge is 0.191 e. The fraction of sp³-hybridized carbons (Fsp3) is 0.609. The van der Waals surface area contributed by atoms with E-state index in [2.05, 4.69) is 61.8 Å². The quantitative estimate of drug-likeness (QED) is 0.299. The lowest BCUT2D eigenvalue weighted by Gasteiger charge is -2.35. The summed E-state index contributed by atoms with van der Waals surface area (Å²) >= 11 is 0. The zero-order valence-corrected chi connectivity index (χ0v) is 22.1. The summed E-state index contributed by atoms with van der Waals surface area (Å²) in [4.78, 5) is 11.5. The number of aromatic nitrogens is 3. The van der Waals surface area contributed by atoms with Gasteiger partial charge in [0, 0.05) is 46.3 Å². The van der Waals surface area contributed by atoms with Crippen LogP contribution in [0, 0.1) is 6.92 Å². The zero-order chi connectivity index (χ0) is 22.3. The Morgan fingerprint density at radius 2 is 2.15 bits per heavy atom. The van der Waals surface area contributed by atoms with Crippen molar-refractivity contribution in [3.05, 3.63) is 47.0 Å². The molecule has 9 nitrogen and oxygen atoms in total. The molecule has 2 unspecified atom stereocenters. The number of rotatable bonds is 7. The number of aryl methyl sites for hydroxylation is 2. The van der Waals surface area contributed by atoms with E-state index in [4.69, 9.17) is 9.47 Å². The van der Waals surface area contributed by atoms with Crippen molar-refractivity contribution in [2.24, 2.45) is 4.99 Å². The van der Waals surface area contributed by atoms with Gasteiger partial charge in [-0.2, -0.15) is 5.10 Å². The average Bonchev–Trinajstić information content (AvgIpc) is 3.21. The van der Waals surface area contributed by atoms with Gasteiger partial charge in [0.15, 0.2) is 11.8 Å². The van der Waals surface area contributed by atoms with E-state index in [0.717, 1.165) is 69.8 Å². The average molecular weight is 569 g/mol. The summed E-state index contributed by atoms with van der Waals surface area (Å²) in [6.07, 6.45) is 1.89. The van der Waals surface area contributed by atoms with Gasteiger partial charge in [-0.05, 0) is 18.9 Å². The van der Waals surface area contributed by atoms with E-state index >= 15 is 0 Å². The highest BCUT2D eigenvalue weighted by atomic mass is 127. The van der Waals surface area contributed by atoms with Crippen molar-refractivity contribution >= 4 is 29.9 Å². The molecule has 1 aromatic heterocycles. The van der Waals surface area contributed by atoms with E-state index in [1.807, 2.05) is 11.7 Å². The molecular formula is C23H36IN7O2. The van der Waals surface area contributed by atoms with Crippen LogP contribution in [0.4, 0.5) is 0 Å². The predicted molar refractivity (Wildman–Crippen MR) is 139 cm³/mol. The molecule has 2 aliphatic heterocycles. The Morgan fingerprint density at radius 3 is 2.88 bits per heavy atom. The van der Waals surface area contributed by atoms with E-state index in [1.54, 1.807) is 7.11 Å². The largest absolute Gasteiger partial charge is 0.379 e. The van der Waals surface area contributed by atoms with Crippen LogP contribution in [-0.2, 0) is 29.0 Å². The van der Waals surface area contributed by atoms with Gasteiger partial charge in [0.1, 0.15) is 12.4 Å². The summed E-state index contributed by atoms with van der Waals surface area (Å²) in [6, 6.07) is 9.31. The minimum Gasteiger partial charge on any atom is -0.379 e. The lowest BCUT2D eigenvalue weighted by molar-refractivity contribution is 0.0170. The first-order valence-corrected chi connectivity index (χ1v) is 11.4. The Balaban J connectivity index is 0.00000306. The van der Waals surface area contributed by atoms with Crippen LogP contribution in [0.3, 0.4) is 0 Å². The normalized spacial score (nSPS) is 20.0. The molecule has 0 saturated carbocycles. The van der Waals surface area contributed by atoms with Gasteiger partial charge in [-0.3, -0.25) is 9.89 Å². The molecule has 1 aromatic carbocycles. The number of nitrogens with zero attached hydrogens (tertiary/aromatic N) is 5. The maximum Gasteiger partial charge on any atom is 0.191 e. The number of halogens is 1. The number of morpholine rings is 1. The first-order chi connectivity index (χ1) is 15.7. The second-order valence-corrected chi connectivity index (χ2v) is 8.47. The number of methoxy groups -OCH3 is 1. The molecule has 1 saturated heterocycles. The SMILES string of the molecule is CN=C(NCC(c1cccc(C)c1)N1CCOCC1)NC1CCc2nc(COC)nn2C1.I. The Kier molecular flexibility index (Phi) is 9.90. The summed E-state index contributed by atoms with van der Waals surface area (Å²) < 4.78 is 12.7. The van der Waals surface area contributed by atoms with Gasteiger partial charge in [-0.25, -0.2) is 9.67 Å². The van der Waals surface area contributed by atoms with Crippen molar-refractivity contribution in [2.45, 2.75) is 45.0 Å². The van der Waals surface area contributed by atoms with Gasteiger partial charge in [0.05, 0.1) is 25.8 Å². The molecule has 2 N–H and O–H groups in total. The zero-order valence-electron chi connectivity index (χ0n) is 19.8. The summed E-state index contributed by atoms with van der Waals surface area (Å²) in [7, 11) is 3.49. The van der Waals surface area contributed by atoms with E-state index in [1.165, 1.54) is 11.1 Å².